The SMILES string of the molecule is COc1ccc(/C=C2\CCCc3c2nc2ccccc2c3C(=O)O[C@@H](C)C(N)=O)cc1. The summed E-state index contributed by atoms with van der Waals surface area (Å²) in [7, 11) is 1.64. The molecule has 31 heavy (non-hydrogen) atoms. The first-order chi connectivity index (χ1) is 15.0. The fourth-order valence-corrected chi connectivity index (χ4v) is 3.89. The van der Waals surface area contributed by atoms with Crippen LogP contribution in [0.5, 0.6) is 5.75 Å². The first-order valence-corrected chi connectivity index (χ1v) is 10.2. The number of amides is 1. The highest BCUT2D eigenvalue weighted by atomic mass is 16.5. The van der Waals surface area contributed by atoms with Crippen molar-refractivity contribution in [3.63, 3.8) is 0 Å². The van der Waals surface area contributed by atoms with Crippen molar-refractivity contribution in [2.24, 2.45) is 5.73 Å². The molecule has 3 aromatic rings. The van der Waals surface area contributed by atoms with Crippen LogP contribution in [-0.2, 0) is 16.0 Å². The lowest BCUT2D eigenvalue weighted by molar-refractivity contribution is -0.125. The molecule has 1 heterocycles. The van der Waals surface area contributed by atoms with Crippen molar-refractivity contribution in [1.82, 2.24) is 4.98 Å². The molecule has 0 bridgehead atoms. The Morgan fingerprint density at radius 1 is 1.10 bits per heavy atom. The van der Waals surface area contributed by atoms with E-state index in [9.17, 15) is 9.59 Å². The summed E-state index contributed by atoms with van der Waals surface area (Å²) in [5.74, 6) is -0.434. The number of nitrogens with zero attached hydrogens (tertiary/aromatic N) is 1. The zero-order chi connectivity index (χ0) is 22.0. The van der Waals surface area contributed by atoms with Crippen molar-refractivity contribution in [2.75, 3.05) is 7.11 Å². The van der Waals surface area contributed by atoms with Crippen molar-refractivity contribution in [2.45, 2.75) is 32.3 Å². The van der Waals surface area contributed by atoms with Crippen LogP contribution in [-0.4, -0.2) is 30.1 Å². The zero-order valence-corrected chi connectivity index (χ0v) is 17.6. The van der Waals surface area contributed by atoms with E-state index in [2.05, 4.69) is 6.08 Å². The lowest BCUT2D eigenvalue weighted by Gasteiger charge is -2.23. The van der Waals surface area contributed by atoms with E-state index in [-0.39, 0.29) is 0 Å². The molecule has 6 heteroatoms. The Hall–Kier alpha value is -3.67. The molecule has 0 unspecified atom stereocenters. The summed E-state index contributed by atoms with van der Waals surface area (Å²) in [5, 5.41) is 0.716. The minimum Gasteiger partial charge on any atom is -0.497 e. The molecule has 0 saturated carbocycles. The number of benzene rings is 2. The Kier molecular flexibility index (Phi) is 5.71. The summed E-state index contributed by atoms with van der Waals surface area (Å²) >= 11 is 0. The number of esters is 1. The van der Waals surface area contributed by atoms with Crippen LogP contribution in [0.15, 0.2) is 48.5 Å². The molecule has 0 radical (unpaired) electrons. The zero-order valence-electron chi connectivity index (χ0n) is 17.6. The van der Waals surface area contributed by atoms with E-state index in [1.807, 2.05) is 48.5 Å². The van der Waals surface area contributed by atoms with E-state index in [0.29, 0.717) is 22.9 Å². The van der Waals surface area contributed by atoms with Crippen LogP contribution in [0.4, 0.5) is 0 Å². The number of rotatable bonds is 5. The third kappa shape index (κ3) is 4.14. The van der Waals surface area contributed by atoms with Gasteiger partial charge in [0, 0.05) is 5.39 Å². The van der Waals surface area contributed by atoms with Gasteiger partial charge in [0.05, 0.1) is 23.9 Å². The number of hydrogen-bond acceptors (Lipinski definition) is 5. The second-order valence-electron chi connectivity index (χ2n) is 7.58. The second-order valence-corrected chi connectivity index (χ2v) is 7.58. The van der Waals surface area contributed by atoms with Gasteiger partial charge in [0.15, 0.2) is 6.10 Å². The average molecular weight is 416 g/mol. The number of aromatic nitrogens is 1. The summed E-state index contributed by atoms with van der Waals surface area (Å²) < 4.78 is 10.6. The number of fused-ring (bicyclic) bond motifs is 2. The van der Waals surface area contributed by atoms with Crippen molar-refractivity contribution in [3.05, 3.63) is 70.9 Å². The molecule has 0 spiro atoms. The van der Waals surface area contributed by atoms with Crippen LogP contribution in [0, 0.1) is 0 Å². The summed E-state index contributed by atoms with van der Waals surface area (Å²) in [4.78, 5) is 29.4. The summed E-state index contributed by atoms with van der Waals surface area (Å²) in [6, 6.07) is 15.3. The molecule has 1 aliphatic rings. The molecule has 1 aromatic heterocycles. The molecule has 0 fully saturated rings. The Morgan fingerprint density at radius 2 is 1.84 bits per heavy atom. The number of ether oxygens (including phenoxy) is 2. The number of methoxy groups -OCH3 is 1. The predicted molar refractivity (Wildman–Crippen MR) is 120 cm³/mol. The van der Waals surface area contributed by atoms with Crippen molar-refractivity contribution >= 4 is 34.4 Å². The number of allylic oxidation sites excluding steroid dienone is 1. The van der Waals surface area contributed by atoms with Crippen molar-refractivity contribution < 1.29 is 19.1 Å². The molecule has 6 nitrogen and oxygen atoms in total. The molecule has 158 valence electrons. The van der Waals surface area contributed by atoms with Gasteiger partial charge >= 0.3 is 5.97 Å². The van der Waals surface area contributed by atoms with Gasteiger partial charge in [-0.25, -0.2) is 9.78 Å². The Bertz CT molecular complexity index is 1180. The first-order valence-electron chi connectivity index (χ1n) is 10.2. The number of nitrogens with two attached hydrogens (primary N) is 1. The molecule has 0 saturated heterocycles. The number of para-hydroxylation sites is 1. The van der Waals surface area contributed by atoms with Gasteiger partial charge in [0.2, 0.25) is 0 Å². The largest absolute Gasteiger partial charge is 0.497 e. The maximum atomic E-state index is 13.1. The maximum absolute atomic E-state index is 13.1. The van der Waals surface area contributed by atoms with Crippen LogP contribution in [0.1, 0.15) is 46.9 Å². The van der Waals surface area contributed by atoms with E-state index in [4.69, 9.17) is 20.2 Å². The van der Waals surface area contributed by atoms with Crippen LogP contribution < -0.4 is 10.5 Å². The lowest BCUT2D eigenvalue weighted by atomic mass is 9.86. The van der Waals surface area contributed by atoms with Crippen LogP contribution in [0.2, 0.25) is 0 Å². The van der Waals surface area contributed by atoms with E-state index in [1.54, 1.807) is 7.11 Å². The highest BCUT2D eigenvalue weighted by Gasteiger charge is 2.27. The fraction of sp³-hybridized carbons (Fsp3) is 0.240. The molecule has 1 aliphatic carbocycles. The molecule has 0 aliphatic heterocycles. The molecule has 1 amide bonds. The Morgan fingerprint density at radius 3 is 2.55 bits per heavy atom. The smallest absolute Gasteiger partial charge is 0.339 e. The van der Waals surface area contributed by atoms with Crippen LogP contribution in [0.25, 0.3) is 22.6 Å². The van der Waals surface area contributed by atoms with Gasteiger partial charge in [-0.2, -0.15) is 0 Å². The molecule has 4 rings (SSSR count). The highest BCUT2D eigenvalue weighted by molar-refractivity contribution is 6.07. The molecule has 2 aromatic carbocycles. The summed E-state index contributed by atoms with van der Waals surface area (Å²) in [6.07, 6.45) is 3.55. The summed E-state index contributed by atoms with van der Waals surface area (Å²) in [5.41, 5.74) is 10.2. The highest BCUT2D eigenvalue weighted by Crippen LogP contribution is 2.36. The number of primary amides is 1. The van der Waals surface area contributed by atoms with Crippen LogP contribution >= 0.6 is 0 Å². The monoisotopic (exact) mass is 416 g/mol. The number of hydrogen-bond donors (Lipinski definition) is 1. The quantitative estimate of drug-likeness (QED) is 0.631. The van der Waals surface area contributed by atoms with Crippen molar-refractivity contribution in [1.29, 1.82) is 0 Å². The van der Waals surface area contributed by atoms with E-state index < -0.39 is 18.0 Å². The summed E-state index contributed by atoms with van der Waals surface area (Å²) in [6.45, 7) is 1.48. The van der Waals surface area contributed by atoms with Gasteiger partial charge in [0.25, 0.3) is 5.91 Å². The van der Waals surface area contributed by atoms with E-state index in [0.717, 1.165) is 41.0 Å². The topological polar surface area (TPSA) is 91.5 Å². The third-order valence-electron chi connectivity index (χ3n) is 5.52. The van der Waals surface area contributed by atoms with Gasteiger partial charge in [0.1, 0.15) is 5.75 Å². The van der Waals surface area contributed by atoms with Gasteiger partial charge in [-0.15, -0.1) is 0 Å². The number of carbonyl (C=O) groups is 2. The Labute approximate surface area is 180 Å². The molecule has 1 atom stereocenters. The van der Waals surface area contributed by atoms with Gasteiger partial charge in [-0.3, -0.25) is 4.79 Å². The van der Waals surface area contributed by atoms with Gasteiger partial charge in [-0.05, 0) is 67.2 Å². The minimum atomic E-state index is -1.01. The second kappa shape index (κ2) is 8.60. The lowest BCUT2D eigenvalue weighted by Crippen LogP contribution is -2.31. The van der Waals surface area contributed by atoms with Crippen LogP contribution in [0.3, 0.4) is 0 Å². The van der Waals surface area contributed by atoms with E-state index in [1.165, 1.54) is 6.92 Å². The van der Waals surface area contributed by atoms with Gasteiger partial charge < -0.3 is 15.2 Å². The minimum absolute atomic E-state index is 0.467. The van der Waals surface area contributed by atoms with E-state index >= 15 is 0 Å². The number of carbonyl (C=O) groups excluding carboxylic acids is 2. The predicted octanol–water partition coefficient (Wildman–Crippen LogP) is 4.15. The van der Waals surface area contributed by atoms with Crippen molar-refractivity contribution in [3.8, 4) is 5.75 Å². The molecular weight excluding hydrogens is 392 g/mol. The first kappa shape index (κ1) is 20.6. The number of pyridine rings is 1. The third-order valence-corrected chi connectivity index (χ3v) is 5.52. The molecule has 2 N–H and O–H groups in total. The molecular formula is C25H24N2O4. The standard InChI is InChI=1S/C25H24N2O4/c1-15(24(26)28)31-25(29)22-19-7-3-4-9-21(19)27-23-17(6-5-8-20(22)23)14-16-10-12-18(30-2)13-11-16/h3-4,7,9-15H,5-6,8H2,1-2H3,(H2,26,28)/b17-14+/t15-/m0/s1. The van der Waals surface area contributed by atoms with Gasteiger partial charge in [-0.1, -0.05) is 30.3 Å². The Balaban J connectivity index is 1.85. The average Bonchev–Trinajstić information content (AvgIpc) is 2.78. The maximum Gasteiger partial charge on any atom is 0.339 e. The fourth-order valence-electron chi connectivity index (χ4n) is 3.89. The normalized spacial score (nSPS) is 15.4.